The second kappa shape index (κ2) is 13.6. The molecule has 0 aliphatic heterocycles. The van der Waals surface area contributed by atoms with Crippen molar-refractivity contribution in [3.8, 4) is 45.5 Å². The lowest BCUT2D eigenvalue weighted by Crippen LogP contribution is -2.02. The Balaban J connectivity index is 1.09. The summed E-state index contributed by atoms with van der Waals surface area (Å²) in [6.45, 7) is 0. The number of benzene rings is 10. The van der Waals surface area contributed by atoms with Gasteiger partial charge in [-0.15, -0.1) is 0 Å². The molecule has 5 nitrogen and oxygen atoms in total. The quantitative estimate of drug-likeness (QED) is 0.174. The van der Waals surface area contributed by atoms with E-state index >= 15 is 0 Å². The van der Waals surface area contributed by atoms with Crippen LogP contribution in [-0.4, -0.2) is 24.1 Å². The first kappa shape index (κ1) is 34.5. The van der Waals surface area contributed by atoms with Crippen LogP contribution < -0.4 is 0 Å². The zero-order valence-electron chi connectivity index (χ0n) is 33.4. The Hall–Kier alpha value is -8.41. The van der Waals surface area contributed by atoms with E-state index in [0.29, 0.717) is 17.5 Å². The van der Waals surface area contributed by atoms with Gasteiger partial charge in [0.15, 0.2) is 17.5 Å². The van der Waals surface area contributed by atoms with Gasteiger partial charge in [0.1, 0.15) is 0 Å². The summed E-state index contributed by atoms with van der Waals surface area (Å²) < 4.78 is 4.88. The SMILES string of the molecule is c1ccc(-c2nc(-c3cccc4ccccc34)nc(-c3ccc(-n4c5ccccc5c5cc6c7c8ccccc8ccc7n(-c7ccccc7)c6cc54)c4ccccc34)n2)cc1. The number of para-hydroxylation sites is 2. The molecule has 10 aromatic carbocycles. The predicted molar refractivity (Wildman–Crippen MR) is 257 cm³/mol. The zero-order valence-corrected chi connectivity index (χ0v) is 33.4. The summed E-state index contributed by atoms with van der Waals surface area (Å²) in [4.78, 5) is 15.6. The van der Waals surface area contributed by atoms with Crippen molar-refractivity contribution in [3.63, 3.8) is 0 Å². The fourth-order valence-corrected chi connectivity index (χ4v) is 9.79. The van der Waals surface area contributed by atoms with Crippen LogP contribution in [-0.2, 0) is 0 Å². The van der Waals surface area contributed by atoms with E-state index < -0.39 is 0 Å². The van der Waals surface area contributed by atoms with Crippen molar-refractivity contribution >= 4 is 75.9 Å². The second-order valence-corrected chi connectivity index (χ2v) is 16.0. The van der Waals surface area contributed by atoms with Crippen LogP contribution in [0.15, 0.2) is 212 Å². The van der Waals surface area contributed by atoms with E-state index in [9.17, 15) is 0 Å². The highest BCUT2D eigenvalue weighted by molar-refractivity contribution is 6.25. The average molecular weight is 790 g/mol. The first-order valence-corrected chi connectivity index (χ1v) is 21.0. The molecule has 0 radical (unpaired) electrons. The normalized spacial score (nSPS) is 11.9. The van der Waals surface area contributed by atoms with Crippen LogP contribution in [0, 0.1) is 0 Å². The topological polar surface area (TPSA) is 48.5 Å². The maximum absolute atomic E-state index is 5.28. The van der Waals surface area contributed by atoms with Crippen LogP contribution in [0.4, 0.5) is 0 Å². The lowest BCUT2D eigenvalue weighted by molar-refractivity contribution is 1.08. The van der Waals surface area contributed by atoms with Gasteiger partial charge in [0.2, 0.25) is 0 Å². The van der Waals surface area contributed by atoms with Crippen LogP contribution in [0.3, 0.4) is 0 Å². The molecule has 288 valence electrons. The third-order valence-corrected chi connectivity index (χ3v) is 12.5. The summed E-state index contributed by atoms with van der Waals surface area (Å²) in [6.07, 6.45) is 0. The Labute approximate surface area is 356 Å². The minimum absolute atomic E-state index is 0.632. The number of aromatic nitrogens is 5. The molecule has 0 atom stereocenters. The molecule has 0 aliphatic rings. The largest absolute Gasteiger partial charge is 0.309 e. The molecule has 0 aliphatic carbocycles. The molecular formula is C57H35N5. The number of hydrogen-bond donors (Lipinski definition) is 0. The molecule has 13 rings (SSSR count). The number of hydrogen-bond acceptors (Lipinski definition) is 3. The average Bonchev–Trinajstić information content (AvgIpc) is 3.85. The number of rotatable bonds is 5. The van der Waals surface area contributed by atoms with Crippen LogP contribution >= 0.6 is 0 Å². The van der Waals surface area contributed by atoms with Crippen molar-refractivity contribution in [2.45, 2.75) is 0 Å². The lowest BCUT2D eigenvalue weighted by atomic mass is 10.0. The van der Waals surface area contributed by atoms with Crippen molar-refractivity contribution in [2.24, 2.45) is 0 Å². The molecule has 0 spiro atoms. The van der Waals surface area contributed by atoms with E-state index in [1.54, 1.807) is 0 Å². The first-order chi connectivity index (χ1) is 30.8. The third-order valence-electron chi connectivity index (χ3n) is 12.5. The predicted octanol–water partition coefficient (Wildman–Crippen LogP) is 14.5. The molecule has 0 saturated carbocycles. The van der Waals surface area contributed by atoms with Gasteiger partial charge in [-0.2, -0.15) is 0 Å². The Morgan fingerprint density at radius 3 is 1.66 bits per heavy atom. The minimum atomic E-state index is 0.632. The number of nitrogens with zero attached hydrogens (tertiary/aromatic N) is 5. The summed E-state index contributed by atoms with van der Waals surface area (Å²) in [5.74, 6) is 1.92. The van der Waals surface area contributed by atoms with Crippen molar-refractivity contribution in [3.05, 3.63) is 212 Å². The summed E-state index contributed by atoms with van der Waals surface area (Å²) in [7, 11) is 0. The standard InChI is InChI=1S/C57H35N5/c1-3-18-38(19-4-1)55-58-56(45-28-15-20-36-16-7-9-23-40(36)45)60-57(59-55)46-31-33-50(43-26-12-11-25-42(43)46)62-49-29-14-13-27-44(49)47-34-48-53(35-52(47)62)61(39-21-5-2-6-22-39)51-32-30-37-17-8-10-24-41(37)54(48)51/h1-35H. The van der Waals surface area contributed by atoms with E-state index in [1.165, 1.54) is 43.4 Å². The Bertz CT molecular complexity index is 3910. The highest BCUT2D eigenvalue weighted by Crippen LogP contribution is 2.43. The molecule has 0 bridgehead atoms. The van der Waals surface area contributed by atoms with Crippen molar-refractivity contribution in [1.29, 1.82) is 0 Å². The molecule has 5 heteroatoms. The van der Waals surface area contributed by atoms with Gasteiger partial charge in [0.05, 0.1) is 27.8 Å². The molecule has 3 aromatic heterocycles. The van der Waals surface area contributed by atoms with Gasteiger partial charge in [-0.05, 0) is 75.5 Å². The summed E-state index contributed by atoms with van der Waals surface area (Å²) >= 11 is 0. The maximum atomic E-state index is 5.28. The Morgan fingerprint density at radius 1 is 0.290 bits per heavy atom. The zero-order chi connectivity index (χ0) is 40.7. The van der Waals surface area contributed by atoms with Gasteiger partial charge in [0, 0.05) is 49.3 Å². The van der Waals surface area contributed by atoms with Crippen molar-refractivity contribution in [2.75, 3.05) is 0 Å². The highest BCUT2D eigenvalue weighted by Gasteiger charge is 2.22. The van der Waals surface area contributed by atoms with E-state index in [2.05, 4.69) is 203 Å². The van der Waals surface area contributed by atoms with Crippen LogP contribution in [0.2, 0.25) is 0 Å². The molecule has 0 saturated heterocycles. The fourth-order valence-electron chi connectivity index (χ4n) is 9.79. The minimum Gasteiger partial charge on any atom is -0.309 e. The molecular weight excluding hydrogens is 755 g/mol. The molecule has 3 heterocycles. The molecule has 0 amide bonds. The summed E-state index contributed by atoms with van der Waals surface area (Å²) in [6, 6.07) is 75.7. The monoisotopic (exact) mass is 789 g/mol. The summed E-state index contributed by atoms with van der Waals surface area (Å²) in [5, 5.41) is 11.8. The van der Waals surface area contributed by atoms with E-state index in [-0.39, 0.29) is 0 Å². The van der Waals surface area contributed by atoms with E-state index in [4.69, 9.17) is 15.0 Å². The van der Waals surface area contributed by atoms with Crippen LogP contribution in [0.1, 0.15) is 0 Å². The van der Waals surface area contributed by atoms with Crippen LogP contribution in [0.25, 0.3) is 121 Å². The first-order valence-electron chi connectivity index (χ1n) is 21.0. The Kier molecular flexibility index (Phi) is 7.54. The molecule has 62 heavy (non-hydrogen) atoms. The fraction of sp³-hybridized carbons (Fsp3) is 0. The van der Waals surface area contributed by atoms with Crippen molar-refractivity contribution < 1.29 is 0 Å². The van der Waals surface area contributed by atoms with Gasteiger partial charge < -0.3 is 9.13 Å². The Morgan fingerprint density at radius 2 is 0.871 bits per heavy atom. The molecule has 13 aromatic rings. The van der Waals surface area contributed by atoms with Crippen LogP contribution in [0.5, 0.6) is 0 Å². The highest BCUT2D eigenvalue weighted by atomic mass is 15.0. The van der Waals surface area contributed by atoms with Gasteiger partial charge in [0.25, 0.3) is 0 Å². The van der Waals surface area contributed by atoms with Gasteiger partial charge in [-0.1, -0.05) is 164 Å². The van der Waals surface area contributed by atoms with Gasteiger partial charge >= 0.3 is 0 Å². The smallest absolute Gasteiger partial charge is 0.164 e. The number of fused-ring (bicyclic) bond motifs is 10. The molecule has 0 fully saturated rings. The summed E-state index contributed by atoms with van der Waals surface area (Å²) in [5.41, 5.74) is 9.74. The van der Waals surface area contributed by atoms with Gasteiger partial charge in [-0.25, -0.2) is 15.0 Å². The van der Waals surface area contributed by atoms with Gasteiger partial charge in [-0.3, -0.25) is 0 Å². The third kappa shape index (κ3) is 5.18. The van der Waals surface area contributed by atoms with Crippen molar-refractivity contribution in [1.82, 2.24) is 24.1 Å². The second-order valence-electron chi connectivity index (χ2n) is 16.0. The molecule has 0 N–H and O–H groups in total. The van der Waals surface area contributed by atoms with E-state index in [1.807, 2.05) is 18.2 Å². The van der Waals surface area contributed by atoms with E-state index in [0.717, 1.165) is 60.6 Å². The maximum Gasteiger partial charge on any atom is 0.164 e. The lowest BCUT2D eigenvalue weighted by Gasteiger charge is -2.15. The molecule has 0 unspecified atom stereocenters.